The van der Waals surface area contributed by atoms with Crippen LogP contribution in [0.25, 0.3) is 0 Å². The van der Waals surface area contributed by atoms with Crippen LogP contribution in [-0.4, -0.2) is 44.9 Å². The minimum atomic E-state index is 0.424. The zero-order valence-corrected chi connectivity index (χ0v) is 13.0. The molecule has 0 spiro atoms. The SMILES string of the molecule is CCOC1CC(Nc2cc(CN(C)C)ccc2OC)C1. The summed E-state index contributed by atoms with van der Waals surface area (Å²) >= 11 is 0. The fraction of sp³-hybridized carbons (Fsp3) is 0.625. The van der Waals surface area contributed by atoms with Crippen molar-refractivity contribution in [3.63, 3.8) is 0 Å². The van der Waals surface area contributed by atoms with Crippen molar-refractivity contribution in [3.8, 4) is 5.75 Å². The highest BCUT2D eigenvalue weighted by Crippen LogP contribution is 2.32. The van der Waals surface area contributed by atoms with Gasteiger partial charge in [0.05, 0.1) is 18.9 Å². The molecule has 0 atom stereocenters. The second-order valence-electron chi connectivity index (χ2n) is 5.66. The summed E-state index contributed by atoms with van der Waals surface area (Å²) in [6.07, 6.45) is 2.58. The molecule has 20 heavy (non-hydrogen) atoms. The Labute approximate surface area is 122 Å². The molecule has 1 N–H and O–H groups in total. The first-order valence-corrected chi connectivity index (χ1v) is 7.32. The van der Waals surface area contributed by atoms with Crippen LogP contribution in [0.5, 0.6) is 5.75 Å². The van der Waals surface area contributed by atoms with Gasteiger partial charge >= 0.3 is 0 Å². The fourth-order valence-electron chi connectivity index (χ4n) is 2.61. The third-order valence-corrected chi connectivity index (χ3v) is 3.62. The van der Waals surface area contributed by atoms with Crippen molar-refractivity contribution in [2.75, 3.05) is 33.1 Å². The first-order valence-electron chi connectivity index (χ1n) is 7.32. The predicted octanol–water partition coefficient (Wildman–Crippen LogP) is 2.74. The van der Waals surface area contributed by atoms with Gasteiger partial charge in [0.15, 0.2) is 0 Å². The highest BCUT2D eigenvalue weighted by molar-refractivity contribution is 5.59. The van der Waals surface area contributed by atoms with E-state index in [0.717, 1.165) is 37.4 Å². The van der Waals surface area contributed by atoms with Crippen LogP contribution < -0.4 is 10.1 Å². The summed E-state index contributed by atoms with van der Waals surface area (Å²) in [6, 6.07) is 6.84. The largest absolute Gasteiger partial charge is 0.495 e. The van der Waals surface area contributed by atoms with Gasteiger partial charge in [-0.2, -0.15) is 0 Å². The number of anilines is 1. The van der Waals surface area contributed by atoms with Gasteiger partial charge < -0.3 is 19.7 Å². The zero-order chi connectivity index (χ0) is 14.5. The lowest BCUT2D eigenvalue weighted by Crippen LogP contribution is -2.40. The molecule has 1 fully saturated rings. The summed E-state index contributed by atoms with van der Waals surface area (Å²) in [5.41, 5.74) is 2.38. The van der Waals surface area contributed by atoms with Crippen molar-refractivity contribution in [2.24, 2.45) is 0 Å². The number of benzene rings is 1. The average molecular weight is 278 g/mol. The molecular formula is C16H26N2O2. The number of nitrogens with zero attached hydrogens (tertiary/aromatic N) is 1. The van der Waals surface area contributed by atoms with Crippen molar-refractivity contribution >= 4 is 5.69 Å². The van der Waals surface area contributed by atoms with E-state index in [2.05, 4.69) is 43.4 Å². The zero-order valence-electron chi connectivity index (χ0n) is 13.0. The summed E-state index contributed by atoms with van der Waals surface area (Å²) in [5, 5.41) is 3.58. The van der Waals surface area contributed by atoms with E-state index >= 15 is 0 Å². The lowest BCUT2D eigenvalue weighted by Gasteiger charge is -2.36. The molecule has 0 radical (unpaired) electrons. The van der Waals surface area contributed by atoms with Crippen LogP contribution in [0.15, 0.2) is 18.2 Å². The summed E-state index contributed by atoms with van der Waals surface area (Å²) in [7, 11) is 5.88. The van der Waals surface area contributed by atoms with Gasteiger partial charge in [0.25, 0.3) is 0 Å². The Kier molecular flexibility index (Phi) is 5.26. The lowest BCUT2D eigenvalue weighted by atomic mass is 9.89. The van der Waals surface area contributed by atoms with Crippen molar-refractivity contribution in [2.45, 2.75) is 38.5 Å². The molecule has 0 aromatic heterocycles. The average Bonchev–Trinajstić information content (AvgIpc) is 2.36. The van der Waals surface area contributed by atoms with Crippen LogP contribution in [0.4, 0.5) is 5.69 Å². The van der Waals surface area contributed by atoms with Gasteiger partial charge in [-0.15, -0.1) is 0 Å². The highest BCUT2D eigenvalue weighted by atomic mass is 16.5. The van der Waals surface area contributed by atoms with Crippen LogP contribution in [0.1, 0.15) is 25.3 Å². The van der Waals surface area contributed by atoms with Gasteiger partial charge in [0, 0.05) is 19.2 Å². The molecule has 4 nitrogen and oxygen atoms in total. The molecule has 1 aromatic rings. The third-order valence-electron chi connectivity index (χ3n) is 3.62. The molecule has 0 aliphatic heterocycles. The van der Waals surface area contributed by atoms with Crippen LogP contribution in [0.3, 0.4) is 0 Å². The quantitative estimate of drug-likeness (QED) is 0.831. The molecule has 0 unspecified atom stereocenters. The van der Waals surface area contributed by atoms with Crippen LogP contribution in [0.2, 0.25) is 0 Å². The first kappa shape index (κ1) is 15.1. The molecular weight excluding hydrogens is 252 g/mol. The Morgan fingerprint density at radius 2 is 2.05 bits per heavy atom. The number of ether oxygens (including phenoxy) is 2. The molecule has 2 rings (SSSR count). The number of methoxy groups -OCH3 is 1. The smallest absolute Gasteiger partial charge is 0.141 e. The van der Waals surface area contributed by atoms with Gasteiger partial charge in [-0.3, -0.25) is 0 Å². The first-order chi connectivity index (χ1) is 9.62. The Morgan fingerprint density at radius 3 is 2.65 bits per heavy atom. The van der Waals surface area contributed by atoms with Crippen molar-refractivity contribution < 1.29 is 9.47 Å². The molecule has 0 bridgehead atoms. The highest BCUT2D eigenvalue weighted by Gasteiger charge is 2.29. The number of hydrogen-bond donors (Lipinski definition) is 1. The van der Waals surface area contributed by atoms with E-state index in [9.17, 15) is 0 Å². The van der Waals surface area contributed by atoms with E-state index in [-0.39, 0.29) is 0 Å². The van der Waals surface area contributed by atoms with E-state index < -0.39 is 0 Å². The molecule has 1 aliphatic carbocycles. The Hall–Kier alpha value is -1.26. The monoisotopic (exact) mass is 278 g/mol. The molecule has 1 aromatic carbocycles. The fourth-order valence-corrected chi connectivity index (χ4v) is 2.61. The van der Waals surface area contributed by atoms with Crippen LogP contribution in [-0.2, 0) is 11.3 Å². The molecule has 0 heterocycles. The number of nitrogens with one attached hydrogen (secondary N) is 1. The molecule has 112 valence electrons. The van der Waals surface area contributed by atoms with Gasteiger partial charge in [0.1, 0.15) is 5.75 Å². The topological polar surface area (TPSA) is 33.7 Å². The Balaban J connectivity index is 1.98. The number of rotatable bonds is 7. The molecule has 4 heteroatoms. The Bertz CT molecular complexity index is 428. The van der Waals surface area contributed by atoms with Gasteiger partial charge in [-0.1, -0.05) is 6.07 Å². The van der Waals surface area contributed by atoms with E-state index in [1.54, 1.807) is 7.11 Å². The molecule has 0 amide bonds. The van der Waals surface area contributed by atoms with Crippen molar-refractivity contribution in [3.05, 3.63) is 23.8 Å². The standard InChI is InChI=1S/C16H26N2O2/c1-5-20-14-9-13(10-14)17-15-8-12(11-18(2)3)6-7-16(15)19-4/h6-8,13-14,17H,5,9-11H2,1-4H3. The van der Waals surface area contributed by atoms with Gasteiger partial charge in [0.2, 0.25) is 0 Å². The van der Waals surface area contributed by atoms with E-state index in [4.69, 9.17) is 9.47 Å². The maximum absolute atomic E-state index is 5.60. The molecule has 1 aliphatic rings. The molecule has 1 saturated carbocycles. The minimum Gasteiger partial charge on any atom is -0.495 e. The molecule has 0 saturated heterocycles. The summed E-state index contributed by atoms with van der Waals surface area (Å²) in [6.45, 7) is 3.79. The van der Waals surface area contributed by atoms with E-state index in [1.165, 1.54) is 5.56 Å². The van der Waals surface area contributed by atoms with Crippen molar-refractivity contribution in [1.29, 1.82) is 0 Å². The second kappa shape index (κ2) is 6.95. The number of hydrogen-bond acceptors (Lipinski definition) is 4. The third kappa shape index (κ3) is 3.87. The normalized spacial score (nSPS) is 21.6. The Morgan fingerprint density at radius 1 is 1.30 bits per heavy atom. The van der Waals surface area contributed by atoms with Gasteiger partial charge in [-0.05, 0) is 51.6 Å². The maximum Gasteiger partial charge on any atom is 0.141 e. The summed E-state index contributed by atoms with van der Waals surface area (Å²) < 4.78 is 11.0. The lowest BCUT2D eigenvalue weighted by molar-refractivity contribution is 0.00295. The van der Waals surface area contributed by atoms with E-state index in [0.29, 0.717) is 12.1 Å². The van der Waals surface area contributed by atoms with E-state index in [1.807, 2.05) is 6.07 Å². The van der Waals surface area contributed by atoms with Crippen molar-refractivity contribution in [1.82, 2.24) is 4.90 Å². The second-order valence-corrected chi connectivity index (χ2v) is 5.66. The van der Waals surface area contributed by atoms with Crippen LogP contribution in [0, 0.1) is 0 Å². The predicted molar refractivity (Wildman–Crippen MR) is 82.4 cm³/mol. The summed E-state index contributed by atoms with van der Waals surface area (Å²) in [5.74, 6) is 0.910. The summed E-state index contributed by atoms with van der Waals surface area (Å²) in [4.78, 5) is 2.17. The van der Waals surface area contributed by atoms with Crippen LogP contribution >= 0.6 is 0 Å². The minimum absolute atomic E-state index is 0.424. The maximum atomic E-state index is 5.60. The van der Waals surface area contributed by atoms with Gasteiger partial charge in [-0.25, -0.2) is 0 Å².